The number of benzene rings is 3. The van der Waals surface area contributed by atoms with Gasteiger partial charge in [-0.3, -0.25) is 10.4 Å². The Bertz CT molecular complexity index is 1170. The molecule has 1 aromatic heterocycles. The first kappa shape index (κ1) is 17.0. The number of aromatic nitrogens is 1. The number of halogens is 1. The van der Waals surface area contributed by atoms with Crippen molar-refractivity contribution in [3.05, 3.63) is 77.7 Å². The summed E-state index contributed by atoms with van der Waals surface area (Å²) in [5, 5.41) is 7.13. The fraction of sp³-hybridized carbons (Fsp3) is 0.0909. The molecule has 0 aliphatic heterocycles. The fourth-order valence-corrected chi connectivity index (χ4v) is 3.18. The Morgan fingerprint density at radius 2 is 1.81 bits per heavy atom. The van der Waals surface area contributed by atoms with Gasteiger partial charge in [0.25, 0.3) is 0 Å². The number of nitrogens with zero attached hydrogens (tertiary/aromatic N) is 2. The monoisotopic (exact) mass is 359 g/mol. The van der Waals surface area contributed by atoms with Gasteiger partial charge in [-0.25, -0.2) is 4.39 Å². The second-order valence-corrected chi connectivity index (χ2v) is 6.25. The van der Waals surface area contributed by atoms with E-state index in [1.807, 2.05) is 49.4 Å². The molecule has 0 spiro atoms. The molecule has 0 aliphatic carbocycles. The predicted octanol–water partition coefficient (Wildman–Crippen LogP) is 5.29. The summed E-state index contributed by atoms with van der Waals surface area (Å²) in [6, 6.07) is 18.3. The molecule has 1 heterocycles. The SMILES string of the molecule is COc1ccc(/C=N/Nc2cc(C)nc3ccc(F)cc23)c2ccccc12. The molecule has 0 aliphatic rings. The van der Waals surface area contributed by atoms with Gasteiger partial charge in [-0.15, -0.1) is 0 Å². The van der Waals surface area contributed by atoms with Crippen molar-refractivity contribution in [3.63, 3.8) is 0 Å². The highest BCUT2D eigenvalue weighted by Gasteiger charge is 2.06. The van der Waals surface area contributed by atoms with Crippen LogP contribution in [0.15, 0.2) is 65.8 Å². The summed E-state index contributed by atoms with van der Waals surface area (Å²) < 4.78 is 19.1. The van der Waals surface area contributed by atoms with Crippen molar-refractivity contribution in [1.82, 2.24) is 4.98 Å². The topological polar surface area (TPSA) is 46.5 Å². The summed E-state index contributed by atoms with van der Waals surface area (Å²) in [7, 11) is 1.66. The lowest BCUT2D eigenvalue weighted by molar-refractivity contribution is 0.420. The van der Waals surface area contributed by atoms with E-state index in [0.29, 0.717) is 11.1 Å². The maximum Gasteiger partial charge on any atom is 0.126 e. The zero-order chi connectivity index (χ0) is 18.8. The van der Waals surface area contributed by atoms with Crippen molar-refractivity contribution in [2.75, 3.05) is 12.5 Å². The van der Waals surface area contributed by atoms with Crippen LogP contribution in [0, 0.1) is 12.7 Å². The number of hydrogen-bond acceptors (Lipinski definition) is 4. The van der Waals surface area contributed by atoms with Gasteiger partial charge < -0.3 is 4.74 Å². The molecule has 0 bridgehead atoms. The van der Waals surface area contributed by atoms with E-state index in [9.17, 15) is 4.39 Å². The third-order valence-corrected chi connectivity index (χ3v) is 4.43. The van der Waals surface area contributed by atoms with Crippen LogP contribution in [-0.4, -0.2) is 18.3 Å². The minimum Gasteiger partial charge on any atom is -0.496 e. The number of ether oxygens (including phenoxy) is 1. The summed E-state index contributed by atoms with van der Waals surface area (Å²) >= 11 is 0. The molecule has 0 unspecified atom stereocenters. The lowest BCUT2D eigenvalue weighted by Crippen LogP contribution is -1.96. The number of rotatable bonds is 4. The number of nitrogens with one attached hydrogen (secondary N) is 1. The normalized spacial score (nSPS) is 11.4. The minimum atomic E-state index is -0.304. The standard InChI is InChI=1S/C22H18FN3O/c1-14-11-21(19-12-16(23)8-9-20(19)25-14)26-24-13-15-7-10-22(27-2)18-6-4-3-5-17(15)18/h3-13H,1-2H3,(H,25,26)/b24-13+. The van der Waals surface area contributed by atoms with Crippen molar-refractivity contribution in [3.8, 4) is 5.75 Å². The molecule has 0 fully saturated rings. The maximum atomic E-state index is 13.6. The Balaban J connectivity index is 1.71. The lowest BCUT2D eigenvalue weighted by atomic mass is 10.0. The van der Waals surface area contributed by atoms with Crippen molar-refractivity contribution < 1.29 is 9.13 Å². The van der Waals surface area contributed by atoms with E-state index in [1.54, 1.807) is 19.4 Å². The fourth-order valence-electron chi connectivity index (χ4n) is 3.18. The smallest absolute Gasteiger partial charge is 0.126 e. The highest BCUT2D eigenvalue weighted by atomic mass is 19.1. The van der Waals surface area contributed by atoms with E-state index in [4.69, 9.17) is 4.74 Å². The molecule has 5 heteroatoms. The summed E-state index contributed by atoms with van der Waals surface area (Å²) in [6.45, 7) is 1.90. The molecular weight excluding hydrogens is 341 g/mol. The number of pyridine rings is 1. The van der Waals surface area contributed by atoms with Gasteiger partial charge >= 0.3 is 0 Å². The Morgan fingerprint density at radius 1 is 1.00 bits per heavy atom. The Morgan fingerprint density at radius 3 is 2.63 bits per heavy atom. The molecule has 0 amide bonds. The molecule has 134 valence electrons. The summed E-state index contributed by atoms with van der Waals surface area (Å²) in [4.78, 5) is 4.43. The molecular formula is C22H18FN3O. The minimum absolute atomic E-state index is 0.304. The van der Waals surface area contributed by atoms with E-state index in [0.717, 1.165) is 33.3 Å². The average molecular weight is 359 g/mol. The number of hydrazone groups is 1. The average Bonchev–Trinajstić information content (AvgIpc) is 2.68. The second-order valence-electron chi connectivity index (χ2n) is 6.25. The highest BCUT2D eigenvalue weighted by Crippen LogP contribution is 2.28. The van der Waals surface area contributed by atoms with E-state index >= 15 is 0 Å². The van der Waals surface area contributed by atoms with Crippen LogP contribution in [0.1, 0.15) is 11.3 Å². The second kappa shape index (κ2) is 7.03. The van der Waals surface area contributed by atoms with Gasteiger partial charge in [0.05, 0.1) is 24.5 Å². The third kappa shape index (κ3) is 3.31. The highest BCUT2D eigenvalue weighted by molar-refractivity contribution is 6.02. The molecule has 0 saturated carbocycles. The Labute approximate surface area is 156 Å². The van der Waals surface area contributed by atoms with Gasteiger partial charge in [0.2, 0.25) is 0 Å². The zero-order valence-electron chi connectivity index (χ0n) is 15.0. The van der Waals surface area contributed by atoms with Gasteiger partial charge in [0, 0.05) is 22.0 Å². The van der Waals surface area contributed by atoms with Crippen molar-refractivity contribution in [2.24, 2.45) is 5.10 Å². The first-order valence-corrected chi connectivity index (χ1v) is 8.57. The number of aryl methyl sites for hydroxylation is 1. The molecule has 0 radical (unpaired) electrons. The lowest BCUT2D eigenvalue weighted by Gasteiger charge is -2.09. The molecule has 1 N–H and O–H groups in total. The van der Waals surface area contributed by atoms with Crippen LogP contribution in [-0.2, 0) is 0 Å². The first-order chi connectivity index (χ1) is 13.2. The van der Waals surface area contributed by atoms with Crippen LogP contribution in [0.3, 0.4) is 0 Å². The van der Waals surface area contributed by atoms with Gasteiger partial charge in [-0.2, -0.15) is 5.10 Å². The largest absolute Gasteiger partial charge is 0.496 e. The van der Waals surface area contributed by atoms with Crippen LogP contribution >= 0.6 is 0 Å². The quantitative estimate of drug-likeness (QED) is 0.398. The Kier molecular flexibility index (Phi) is 4.42. The van der Waals surface area contributed by atoms with Crippen LogP contribution in [0.2, 0.25) is 0 Å². The van der Waals surface area contributed by atoms with Gasteiger partial charge in [0.15, 0.2) is 0 Å². The molecule has 27 heavy (non-hydrogen) atoms. The van der Waals surface area contributed by atoms with Gasteiger partial charge in [-0.05, 0) is 48.7 Å². The summed E-state index contributed by atoms with van der Waals surface area (Å²) in [5.74, 6) is 0.517. The van der Waals surface area contributed by atoms with Crippen molar-refractivity contribution in [1.29, 1.82) is 0 Å². The van der Waals surface area contributed by atoms with Crippen LogP contribution in [0.5, 0.6) is 5.75 Å². The molecule has 0 saturated heterocycles. The predicted molar refractivity (Wildman–Crippen MR) is 108 cm³/mol. The zero-order valence-corrected chi connectivity index (χ0v) is 15.0. The molecule has 4 aromatic rings. The van der Waals surface area contributed by atoms with E-state index in [1.165, 1.54) is 12.1 Å². The molecule has 4 nitrogen and oxygen atoms in total. The summed E-state index contributed by atoms with van der Waals surface area (Å²) in [5.41, 5.74) is 6.26. The number of anilines is 1. The third-order valence-electron chi connectivity index (χ3n) is 4.43. The molecule has 4 rings (SSSR count). The van der Waals surface area contributed by atoms with E-state index in [-0.39, 0.29) is 5.82 Å². The number of fused-ring (bicyclic) bond motifs is 2. The van der Waals surface area contributed by atoms with Crippen LogP contribution in [0.25, 0.3) is 21.7 Å². The van der Waals surface area contributed by atoms with Crippen LogP contribution < -0.4 is 10.2 Å². The van der Waals surface area contributed by atoms with Crippen molar-refractivity contribution in [2.45, 2.75) is 6.92 Å². The van der Waals surface area contributed by atoms with Gasteiger partial charge in [-0.1, -0.05) is 24.3 Å². The molecule has 3 aromatic carbocycles. The van der Waals surface area contributed by atoms with E-state index < -0.39 is 0 Å². The van der Waals surface area contributed by atoms with Crippen molar-refractivity contribution >= 4 is 33.6 Å². The molecule has 0 atom stereocenters. The van der Waals surface area contributed by atoms with E-state index in [2.05, 4.69) is 15.5 Å². The number of hydrogen-bond donors (Lipinski definition) is 1. The Hall–Kier alpha value is -3.47. The first-order valence-electron chi connectivity index (χ1n) is 8.57. The maximum absolute atomic E-state index is 13.6. The number of methoxy groups -OCH3 is 1. The van der Waals surface area contributed by atoms with Gasteiger partial charge in [0.1, 0.15) is 11.6 Å². The summed E-state index contributed by atoms with van der Waals surface area (Å²) in [6.07, 6.45) is 1.75. The van der Waals surface area contributed by atoms with Crippen LogP contribution in [0.4, 0.5) is 10.1 Å².